The van der Waals surface area contributed by atoms with Crippen molar-refractivity contribution in [3.05, 3.63) is 77.2 Å². The summed E-state index contributed by atoms with van der Waals surface area (Å²) in [5.41, 5.74) is 3.13. The Kier molecular flexibility index (Phi) is 7.48. The van der Waals surface area contributed by atoms with Crippen molar-refractivity contribution in [2.24, 2.45) is 4.99 Å². The lowest BCUT2D eigenvalue weighted by atomic mass is 9.94. The van der Waals surface area contributed by atoms with E-state index in [2.05, 4.69) is 19.6 Å². The Bertz CT molecular complexity index is 1020. The standard InChI is InChI=1S/C27H30N2O2S/c1-3-18-31-23-16-14-20(15-17-23)19-25-26(30)29(22-11-6-5-7-12-22)27(32-25)28-24-13-9-8-10-21(24)4-2/h3,8-10,13-17,19,22H,1,4-7,11-12,18H2,2H3/b25-19+,28-27?. The normalized spacial score (nSPS) is 19.7. The van der Waals surface area contributed by atoms with Gasteiger partial charge in [-0.3, -0.25) is 9.69 Å². The van der Waals surface area contributed by atoms with Gasteiger partial charge in [0.2, 0.25) is 0 Å². The summed E-state index contributed by atoms with van der Waals surface area (Å²) in [5.74, 6) is 0.862. The van der Waals surface area contributed by atoms with Crippen molar-refractivity contribution >= 4 is 34.6 Å². The lowest BCUT2D eigenvalue weighted by Crippen LogP contribution is -2.40. The van der Waals surface area contributed by atoms with E-state index in [0.717, 1.165) is 46.3 Å². The molecule has 4 rings (SSSR count). The highest BCUT2D eigenvalue weighted by molar-refractivity contribution is 8.18. The van der Waals surface area contributed by atoms with Crippen molar-refractivity contribution in [3.63, 3.8) is 0 Å². The van der Waals surface area contributed by atoms with E-state index in [4.69, 9.17) is 9.73 Å². The predicted molar refractivity (Wildman–Crippen MR) is 134 cm³/mol. The van der Waals surface area contributed by atoms with Crippen LogP contribution in [0, 0.1) is 0 Å². The van der Waals surface area contributed by atoms with Gasteiger partial charge < -0.3 is 4.74 Å². The molecule has 1 heterocycles. The van der Waals surface area contributed by atoms with Crippen LogP contribution in [-0.2, 0) is 11.2 Å². The maximum atomic E-state index is 13.5. The second-order valence-electron chi connectivity index (χ2n) is 8.12. The molecule has 0 atom stereocenters. The van der Waals surface area contributed by atoms with E-state index in [1.807, 2.05) is 53.4 Å². The van der Waals surface area contributed by atoms with E-state index in [-0.39, 0.29) is 11.9 Å². The second kappa shape index (κ2) is 10.7. The van der Waals surface area contributed by atoms with Crippen LogP contribution >= 0.6 is 11.8 Å². The third-order valence-electron chi connectivity index (χ3n) is 5.91. The number of aliphatic imine (C=N–C) groups is 1. The van der Waals surface area contributed by atoms with Crippen LogP contribution in [0.25, 0.3) is 6.08 Å². The van der Waals surface area contributed by atoms with Gasteiger partial charge in [-0.1, -0.05) is 69.2 Å². The lowest BCUT2D eigenvalue weighted by molar-refractivity contribution is -0.124. The second-order valence-corrected chi connectivity index (χ2v) is 9.13. The number of amides is 1. The topological polar surface area (TPSA) is 41.9 Å². The van der Waals surface area contributed by atoms with E-state index < -0.39 is 0 Å². The van der Waals surface area contributed by atoms with Gasteiger partial charge in [0.25, 0.3) is 5.91 Å². The third-order valence-corrected chi connectivity index (χ3v) is 6.89. The number of amidine groups is 1. The summed E-state index contributed by atoms with van der Waals surface area (Å²) >= 11 is 1.49. The largest absolute Gasteiger partial charge is 0.490 e. The summed E-state index contributed by atoms with van der Waals surface area (Å²) in [6.45, 7) is 6.29. The van der Waals surface area contributed by atoms with Crippen molar-refractivity contribution < 1.29 is 9.53 Å². The van der Waals surface area contributed by atoms with Crippen LogP contribution in [0.5, 0.6) is 5.75 Å². The monoisotopic (exact) mass is 446 g/mol. The number of hydrogen-bond acceptors (Lipinski definition) is 4. The van der Waals surface area contributed by atoms with Gasteiger partial charge in [-0.25, -0.2) is 4.99 Å². The van der Waals surface area contributed by atoms with Crippen LogP contribution in [0.3, 0.4) is 0 Å². The number of benzene rings is 2. The Morgan fingerprint density at radius 2 is 1.88 bits per heavy atom. The quantitative estimate of drug-likeness (QED) is 0.349. The summed E-state index contributed by atoms with van der Waals surface area (Å²) in [4.78, 5) is 21.2. The van der Waals surface area contributed by atoms with Crippen LogP contribution in [0.4, 0.5) is 5.69 Å². The molecule has 1 saturated heterocycles. The van der Waals surface area contributed by atoms with Gasteiger partial charge in [-0.05, 0) is 66.4 Å². The van der Waals surface area contributed by atoms with Gasteiger partial charge in [0.1, 0.15) is 12.4 Å². The van der Waals surface area contributed by atoms with Gasteiger partial charge in [0.05, 0.1) is 10.6 Å². The number of aryl methyl sites for hydroxylation is 1. The van der Waals surface area contributed by atoms with E-state index >= 15 is 0 Å². The zero-order valence-corrected chi connectivity index (χ0v) is 19.4. The Labute approximate surface area is 195 Å². The van der Waals surface area contributed by atoms with Gasteiger partial charge in [-0.15, -0.1) is 0 Å². The van der Waals surface area contributed by atoms with Gasteiger partial charge >= 0.3 is 0 Å². The molecule has 1 aliphatic heterocycles. The van der Waals surface area contributed by atoms with Crippen molar-refractivity contribution in [2.45, 2.75) is 51.5 Å². The molecule has 5 heteroatoms. The van der Waals surface area contributed by atoms with Crippen molar-refractivity contribution in [1.29, 1.82) is 0 Å². The number of para-hydroxylation sites is 1. The number of carbonyl (C=O) groups excluding carboxylic acids is 1. The van der Waals surface area contributed by atoms with Gasteiger partial charge in [0.15, 0.2) is 5.17 Å². The summed E-state index contributed by atoms with van der Waals surface area (Å²) in [6.07, 6.45) is 10.3. The molecule has 0 bridgehead atoms. The minimum absolute atomic E-state index is 0.0709. The Hall–Kier alpha value is -2.79. The first-order valence-electron chi connectivity index (χ1n) is 11.4. The molecule has 0 spiro atoms. The molecular formula is C27H30N2O2S. The Morgan fingerprint density at radius 3 is 2.59 bits per heavy atom. The number of hydrogen-bond donors (Lipinski definition) is 0. The molecule has 0 N–H and O–H groups in total. The maximum absolute atomic E-state index is 13.5. The molecule has 32 heavy (non-hydrogen) atoms. The highest BCUT2D eigenvalue weighted by Crippen LogP contribution is 2.39. The average Bonchev–Trinajstić information content (AvgIpc) is 3.13. The smallest absolute Gasteiger partial charge is 0.267 e. The van der Waals surface area contributed by atoms with Crippen molar-refractivity contribution in [1.82, 2.24) is 4.90 Å². The van der Waals surface area contributed by atoms with E-state index in [0.29, 0.717) is 6.61 Å². The summed E-state index contributed by atoms with van der Waals surface area (Å²) in [7, 11) is 0. The highest BCUT2D eigenvalue weighted by Gasteiger charge is 2.38. The first kappa shape index (κ1) is 22.4. The molecule has 0 unspecified atom stereocenters. The number of carbonyl (C=O) groups is 1. The molecule has 1 aliphatic carbocycles. The molecule has 0 radical (unpaired) electrons. The fourth-order valence-corrected chi connectivity index (χ4v) is 5.27. The lowest BCUT2D eigenvalue weighted by Gasteiger charge is -2.30. The van der Waals surface area contributed by atoms with Crippen LogP contribution in [0.2, 0.25) is 0 Å². The van der Waals surface area contributed by atoms with E-state index in [1.165, 1.54) is 36.6 Å². The van der Waals surface area contributed by atoms with E-state index in [9.17, 15) is 4.79 Å². The van der Waals surface area contributed by atoms with Gasteiger partial charge in [0, 0.05) is 6.04 Å². The summed E-state index contributed by atoms with van der Waals surface area (Å²) in [6, 6.07) is 16.2. The minimum atomic E-state index is 0.0709. The molecular weight excluding hydrogens is 416 g/mol. The highest BCUT2D eigenvalue weighted by atomic mass is 32.2. The first-order chi connectivity index (χ1) is 15.7. The van der Waals surface area contributed by atoms with Crippen LogP contribution in [-0.4, -0.2) is 28.6 Å². The summed E-state index contributed by atoms with van der Waals surface area (Å²) in [5, 5.41) is 0.806. The first-order valence-corrected chi connectivity index (χ1v) is 12.2. The number of ether oxygens (including phenoxy) is 1. The molecule has 2 aliphatic rings. The Balaban J connectivity index is 1.65. The Morgan fingerprint density at radius 1 is 1.12 bits per heavy atom. The fourth-order valence-electron chi connectivity index (χ4n) is 4.21. The average molecular weight is 447 g/mol. The minimum Gasteiger partial charge on any atom is -0.490 e. The number of nitrogens with zero attached hydrogens (tertiary/aromatic N) is 2. The van der Waals surface area contributed by atoms with Crippen molar-refractivity contribution in [3.8, 4) is 5.75 Å². The van der Waals surface area contributed by atoms with Crippen LogP contribution < -0.4 is 4.74 Å². The van der Waals surface area contributed by atoms with Gasteiger partial charge in [-0.2, -0.15) is 0 Å². The SMILES string of the molecule is C=CCOc1ccc(/C=C2/SC(=Nc3ccccc3CC)N(C3CCCCC3)C2=O)cc1. The number of thioether (sulfide) groups is 1. The zero-order chi connectivity index (χ0) is 22.3. The number of rotatable bonds is 7. The zero-order valence-electron chi connectivity index (χ0n) is 18.6. The van der Waals surface area contributed by atoms with Crippen LogP contribution in [0.1, 0.15) is 50.2 Å². The van der Waals surface area contributed by atoms with Crippen molar-refractivity contribution in [2.75, 3.05) is 6.61 Å². The van der Waals surface area contributed by atoms with E-state index in [1.54, 1.807) is 6.08 Å². The molecule has 1 saturated carbocycles. The summed E-state index contributed by atoms with van der Waals surface area (Å²) < 4.78 is 5.56. The molecule has 2 fully saturated rings. The molecule has 1 amide bonds. The molecule has 166 valence electrons. The van der Waals surface area contributed by atoms with Crippen LogP contribution in [0.15, 0.2) is 71.1 Å². The molecule has 2 aromatic carbocycles. The fraction of sp³-hybridized carbons (Fsp3) is 0.333. The molecule has 2 aromatic rings. The molecule has 0 aromatic heterocycles. The predicted octanol–water partition coefficient (Wildman–Crippen LogP) is 6.75. The molecule has 4 nitrogen and oxygen atoms in total. The third kappa shape index (κ3) is 5.16. The maximum Gasteiger partial charge on any atom is 0.267 e.